The monoisotopic (exact) mass is 445 g/mol. The fourth-order valence-electron chi connectivity index (χ4n) is 5.36. The van der Waals surface area contributed by atoms with E-state index < -0.39 is 28.1 Å². The molecule has 7 nitrogen and oxygen atoms in total. The number of carbonyl (C=O) groups is 2. The number of carbonyl (C=O) groups excluding carboxylic acids is 2. The van der Waals surface area contributed by atoms with Crippen LogP contribution in [0.3, 0.4) is 0 Å². The quantitative estimate of drug-likeness (QED) is 0.371. The van der Waals surface area contributed by atoms with E-state index >= 15 is 0 Å². The maximum Gasteiger partial charge on any atom is 0.269 e. The molecule has 1 amide bonds. The lowest BCUT2D eigenvalue weighted by atomic mass is 9.70. The molecule has 0 bridgehead atoms. The van der Waals surface area contributed by atoms with Crippen molar-refractivity contribution in [3.05, 3.63) is 105 Å². The molecule has 0 saturated carbocycles. The number of anilines is 1. The van der Waals surface area contributed by atoms with E-state index in [1.807, 2.05) is 23.1 Å². The fourth-order valence-corrected chi connectivity index (χ4v) is 5.36. The Balaban J connectivity index is 1.72. The van der Waals surface area contributed by atoms with Gasteiger partial charge in [-0.15, -0.1) is 0 Å². The second kappa shape index (κ2) is 7.60. The molecule has 0 aromatic heterocycles. The molecule has 166 valence electrons. The van der Waals surface area contributed by atoms with Gasteiger partial charge < -0.3 is 5.32 Å². The van der Waals surface area contributed by atoms with E-state index in [-0.39, 0.29) is 22.9 Å². The third-order valence-electron chi connectivity index (χ3n) is 6.78. The Kier molecular flexibility index (Phi) is 4.83. The third-order valence-corrected chi connectivity index (χ3v) is 6.78. The summed E-state index contributed by atoms with van der Waals surface area (Å²) in [6, 6.07) is 18.7. The highest BCUT2D eigenvalue weighted by atomic mass is 19.1. The zero-order chi connectivity index (χ0) is 23.3. The van der Waals surface area contributed by atoms with Crippen LogP contribution in [-0.2, 0) is 10.3 Å². The summed E-state index contributed by atoms with van der Waals surface area (Å²) in [4.78, 5) is 40.3. The van der Waals surface area contributed by atoms with Crippen LogP contribution < -0.4 is 5.32 Å². The number of para-hydroxylation sites is 1. The van der Waals surface area contributed by atoms with Gasteiger partial charge in [-0.2, -0.15) is 0 Å². The molecular weight excluding hydrogens is 425 g/mol. The molecule has 2 aliphatic heterocycles. The first-order valence-corrected chi connectivity index (χ1v) is 10.5. The SMILES string of the molecule is CN1CC(c2cccc([N+](=O)[O-])c2)C(C(=O)c2ccc(F)cc2)C12C(=O)Nc1ccccc12. The lowest BCUT2D eigenvalue weighted by molar-refractivity contribution is -0.384. The van der Waals surface area contributed by atoms with Gasteiger partial charge >= 0.3 is 0 Å². The molecule has 2 aliphatic rings. The first-order chi connectivity index (χ1) is 15.8. The average Bonchev–Trinajstić information content (AvgIpc) is 3.29. The molecule has 1 saturated heterocycles. The standard InChI is InChI=1S/C25H20FN3O4/c1-28-14-19(16-5-4-6-18(13-16)29(32)33)22(23(30)15-9-11-17(26)12-10-15)25(28)20-7-2-3-8-21(20)27-24(25)31/h2-13,19,22H,14H2,1H3,(H,27,31). The number of nitro groups is 1. The van der Waals surface area contributed by atoms with Gasteiger partial charge in [-0.05, 0) is 42.9 Å². The predicted molar refractivity (Wildman–Crippen MR) is 119 cm³/mol. The van der Waals surface area contributed by atoms with E-state index in [1.165, 1.54) is 36.4 Å². The van der Waals surface area contributed by atoms with Crippen LogP contribution in [-0.4, -0.2) is 35.1 Å². The highest BCUT2D eigenvalue weighted by molar-refractivity contribution is 6.12. The van der Waals surface area contributed by atoms with Crippen LogP contribution >= 0.6 is 0 Å². The third kappa shape index (κ3) is 3.06. The van der Waals surface area contributed by atoms with Crippen LogP contribution in [0, 0.1) is 21.8 Å². The van der Waals surface area contributed by atoms with Crippen LogP contribution in [0.2, 0.25) is 0 Å². The smallest absolute Gasteiger partial charge is 0.269 e. The van der Waals surface area contributed by atoms with Crippen molar-refractivity contribution in [3.63, 3.8) is 0 Å². The number of rotatable bonds is 4. The Hall–Kier alpha value is -3.91. The van der Waals surface area contributed by atoms with Crippen molar-refractivity contribution in [1.82, 2.24) is 4.90 Å². The summed E-state index contributed by atoms with van der Waals surface area (Å²) in [6.07, 6.45) is 0. The first kappa shape index (κ1) is 21.0. The number of halogens is 1. The minimum atomic E-state index is -1.29. The molecule has 3 aromatic carbocycles. The van der Waals surface area contributed by atoms with Crippen molar-refractivity contribution in [2.45, 2.75) is 11.5 Å². The van der Waals surface area contributed by atoms with Crippen LogP contribution in [0.25, 0.3) is 0 Å². The number of ketones is 1. The summed E-state index contributed by atoms with van der Waals surface area (Å²) in [5.74, 6) is -2.48. The Morgan fingerprint density at radius 2 is 1.85 bits per heavy atom. The Morgan fingerprint density at radius 3 is 2.58 bits per heavy atom. The van der Waals surface area contributed by atoms with Crippen molar-refractivity contribution < 1.29 is 18.9 Å². The summed E-state index contributed by atoms with van der Waals surface area (Å²) in [5, 5.41) is 14.3. The summed E-state index contributed by atoms with van der Waals surface area (Å²) in [6.45, 7) is 0.334. The molecule has 3 atom stereocenters. The van der Waals surface area contributed by atoms with Crippen molar-refractivity contribution in [2.24, 2.45) is 5.92 Å². The lowest BCUT2D eigenvalue weighted by Crippen LogP contribution is -2.51. The second-order valence-electron chi connectivity index (χ2n) is 8.45. The topological polar surface area (TPSA) is 92.5 Å². The minimum Gasteiger partial charge on any atom is -0.324 e. The predicted octanol–water partition coefficient (Wildman–Crippen LogP) is 4.11. The summed E-state index contributed by atoms with van der Waals surface area (Å²) in [7, 11) is 1.78. The summed E-state index contributed by atoms with van der Waals surface area (Å²) < 4.78 is 13.6. The molecule has 0 aliphatic carbocycles. The maximum atomic E-state index is 14.0. The number of benzene rings is 3. The number of fused-ring (bicyclic) bond motifs is 2. The molecule has 8 heteroatoms. The van der Waals surface area contributed by atoms with Gasteiger partial charge in [-0.3, -0.25) is 24.6 Å². The number of nitrogens with one attached hydrogen (secondary N) is 1. The molecule has 3 unspecified atom stereocenters. The van der Waals surface area contributed by atoms with Crippen molar-refractivity contribution >= 4 is 23.1 Å². The van der Waals surface area contributed by atoms with Crippen LogP contribution in [0.5, 0.6) is 0 Å². The molecule has 1 fully saturated rings. The molecular formula is C25H20FN3O4. The number of amides is 1. The van der Waals surface area contributed by atoms with Crippen molar-refractivity contribution in [2.75, 3.05) is 18.9 Å². The van der Waals surface area contributed by atoms with Crippen LogP contribution in [0.1, 0.15) is 27.4 Å². The zero-order valence-electron chi connectivity index (χ0n) is 17.7. The Bertz CT molecular complexity index is 1290. The van der Waals surface area contributed by atoms with E-state index in [0.29, 0.717) is 23.4 Å². The Labute approximate surface area is 189 Å². The number of hydrogen-bond acceptors (Lipinski definition) is 5. The van der Waals surface area contributed by atoms with Crippen LogP contribution in [0.15, 0.2) is 72.8 Å². The number of hydrogen-bond donors (Lipinski definition) is 1. The van der Waals surface area contributed by atoms with Gasteiger partial charge in [0, 0.05) is 41.4 Å². The number of likely N-dealkylation sites (N-methyl/N-ethyl adjacent to an activating group) is 1. The number of non-ortho nitro benzene ring substituents is 1. The zero-order valence-corrected chi connectivity index (χ0v) is 17.7. The van der Waals surface area contributed by atoms with Gasteiger partial charge in [0.2, 0.25) is 5.91 Å². The number of Topliss-reactive ketones (excluding diaryl/α,β-unsaturated/α-hetero) is 1. The molecule has 1 N–H and O–H groups in total. The largest absolute Gasteiger partial charge is 0.324 e. The highest BCUT2D eigenvalue weighted by Gasteiger charge is 2.64. The fraction of sp³-hybridized carbons (Fsp3) is 0.200. The average molecular weight is 445 g/mol. The second-order valence-corrected chi connectivity index (χ2v) is 8.45. The molecule has 33 heavy (non-hydrogen) atoms. The van der Waals surface area contributed by atoms with E-state index in [1.54, 1.807) is 25.2 Å². The normalized spacial score (nSPS) is 24.0. The summed E-state index contributed by atoms with van der Waals surface area (Å²) >= 11 is 0. The van der Waals surface area contributed by atoms with Gasteiger partial charge in [0.05, 0.1) is 10.8 Å². The van der Waals surface area contributed by atoms with E-state index in [4.69, 9.17) is 0 Å². The molecule has 0 radical (unpaired) electrons. The number of nitro benzene ring substituents is 1. The van der Waals surface area contributed by atoms with Gasteiger partial charge in [0.15, 0.2) is 5.78 Å². The first-order valence-electron chi connectivity index (χ1n) is 10.5. The lowest BCUT2D eigenvalue weighted by Gasteiger charge is -2.35. The van der Waals surface area contributed by atoms with Crippen LogP contribution in [0.4, 0.5) is 15.8 Å². The van der Waals surface area contributed by atoms with Gasteiger partial charge in [-0.25, -0.2) is 4.39 Å². The van der Waals surface area contributed by atoms with Gasteiger partial charge in [0.25, 0.3) is 5.69 Å². The van der Waals surface area contributed by atoms with Gasteiger partial charge in [0.1, 0.15) is 11.4 Å². The molecule has 1 spiro atoms. The number of likely N-dealkylation sites (tertiary alicyclic amines) is 1. The minimum absolute atomic E-state index is 0.0830. The van der Waals surface area contributed by atoms with Gasteiger partial charge in [-0.1, -0.05) is 30.3 Å². The molecule has 2 heterocycles. The molecule has 5 rings (SSSR count). The highest BCUT2D eigenvalue weighted by Crippen LogP contribution is 2.55. The number of nitrogens with zero attached hydrogens (tertiary/aromatic N) is 2. The summed E-state index contributed by atoms with van der Waals surface area (Å²) in [5.41, 5.74) is 0.823. The molecule has 3 aromatic rings. The van der Waals surface area contributed by atoms with E-state index in [0.717, 1.165) is 0 Å². The van der Waals surface area contributed by atoms with Crippen molar-refractivity contribution in [3.8, 4) is 0 Å². The van der Waals surface area contributed by atoms with Crippen molar-refractivity contribution in [1.29, 1.82) is 0 Å². The van der Waals surface area contributed by atoms with E-state index in [2.05, 4.69) is 5.32 Å². The Morgan fingerprint density at radius 1 is 1.12 bits per heavy atom. The van der Waals surface area contributed by atoms with E-state index in [9.17, 15) is 24.1 Å². The maximum absolute atomic E-state index is 14.0.